The van der Waals surface area contributed by atoms with Crippen LogP contribution in [0.1, 0.15) is 17.5 Å². The molecule has 0 N–H and O–H groups in total. The molecule has 0 saturated carbocycles. The molecule has 0 atom stereocenters. The summed E-state index contributed by atoms with van der Waals surface area (Å²) in [7, 11) is 0. The first-order valence-electron chi connectivity index (χ1n) is 7.50. The zero-order valence-electron chi connectivity index (χ0n) is 12.7. The number of hydrogen-bond donors (Lipinski definition) is 0. The Balaban J connectivity index is 1.89. The number of imidazole rings is 1. The van der Waals surface area contributed by atoms with Gasteiger partial charge in [0.1, 0.15) is 5.82 Å². The van der Waals surface area contributed by atoms with E-state index in [1.54, 1.807) is 20.0 Å². The standard InChI is InChI=1S/C17H17FN4/c1-11-8-13(9-12(2)16(11)18)15-10-19-17-14(21-6-3-7-21)4-5-20-22(15)17/h4-5,8-10H,3,6-7H2,1-2H3. The van der Waals surface area contributed by atoms with Crippen molar-refractivity contribution >= 4 is 11.3 Å². The van der Waals surface area contributed by atoms with E-state index in [1.807, 2.05) is 28.9 Å². The molecule has 1 saturated heterocycles. The molecular formula is C17H17FN4. The highest BCUT2D eigenvalue weighted by Gasteiger charge is 2.20. The largest absolute Gasteiger partial charge is 0.368 e. The number of rotatable bonds is 2. The topological polar surface area (TPSA) is 33.4 Å². The highest BCUT2D eigenvalue weighted by molar-refractivity contribution is 5.74. The van der Waals surface area contributed by atoms with E-state index in [0.29, 0.717) is 11.1 Å². The van der Waals surface area contributed by atoms with Gasteiger partial charge in [0.15, 0.2) is 5.65 Å². The highest BCUT2D eigenvalue weighted by Crippen LogP contribution is 2.29. The third-order valence-electron chi connectivity index (χ3n) is 4.31. The number of nitrogens with zero attached hydrogens (tertiary/aromatic N) is 4. The van der Waals surface area contributed by atoms with Crippen LogP contribution in [0.3, 0.4) is 0 Å². The SMILES string of the molecule is Cc1cc(-c2cnc3c(N4CCC4)ccnn23)cc(C)c1F. The van der Waals surface area contributed by atoms with Crippen LogP contribution in [0.15, 0.2) is 30.6 Å². The van der Waals surface area contributed by atoms with Gasteiger partial charge in [0.05, 0.1) is 23.8 Å². The Morgan fingerprint density at radius 3 is 2.50 bits per heavy atom. The zero-order chi connectivity index (χ0) is 15.3. The van der Waals surface area contributed by atoms with Gasteiger partial charge < -0.3 is 4.90 Å². The lowest BCUT2D eigenvalue weighted by Crippen LogP contribution is -2.37. The molecule has 0 aliphatic carbocycles. The smallest absolute Gasteiger partial charge is 0.177 e. The minimum Gasteiger partial charge on any atom is -0.368 e. The van der Waals surface area contributed by atoms with E-state index in [2.05, 4.69) is 15.0 Å². The lowest BCUT2D eigenvalue weighted by Gasteiger charge is -2.32. The van der Waals surface area contributed by atoms with Gasteiger partial charge in [0, 0.05) is 18.7 Å². The van der Waals surface area contributed by atoms with Crippen molar-refractivity contribution in [2.45, 2.75) is 20.3 Å². The average Bonchev–Trinajstić information content (AvgIpc) is 2.87. The second kappa shape index (κ2) is 4.80. The van der Waals surface area contributed by atoms with Gasteiger partial charge in [-0.15, -0.1) is 0 Å². The molecule has 0 spiro atoms. The van der Waals surface area contributed by atoms with Crippen molar-refractivity contribution in [2.75, 3.05) is 18.0 Å². The van der Waals surface area contributed by atoms with Crippen molar-refractivity contribution in [1.29, 1.82) is 0 Å². The summed E-state index contributed by atoms with van der Waals surface area (Å²) in [4.78, 5) is 6.85. The molecule has 5 heteroatoms. The molecule has 112 valence electrons. The Bertz CT molecular complexity index is 841. The van der Waals surface area contributed by atoms with E-state index in [9.17, 15) is 4.39 Å². The second-order valence-electron chi connectivity index (χ2n) is 5.86. The van der Waals surface area contributed by atoms with E-state index in [1.165, 1.54) is 6.42 Å². The fourth-order valence-corrected chi connectivity index (χ4v) is 2.98. The number of fused-ring (bicyclic) bond motifs is 1. The van der Waals surface area contributed by atoms with Crippen LogP contribution < -0.4 is 4.90 Å². The minimum atomic E-state index is -0.146. The number of aromatic nitrogens is 3. The van der Waals surface area contributed by atoms with E-state index < -0.39 is 0 Å². The van der Waals surface area contributed by atoms with Crippen molar-refractivity contribution in [1.82, 2.24) is 14.6 Å². The molecule has 1 fully saturated rings. The first kappa shape index (κ1) is 13.2. The average molecular weight is 296 g/mol. The maximum Gasteiger partial charge on any atom is 0.177 e. The van der Waals surface area contributed by atoms with E-state index in [-0.39, 0.29) is 5.82 Å². The highest BCUT2D eigenvalue weighted by atomic mass is 19.1. The Hall–Kier alpha value is -2.43. The molecule has 4 nitrogen and oxygen atoms in total. The van der Waals surface area contributed by atoms with Gasteiger partial charge in [-0.25, -0.2) is 13.9 Å². The Morgan fingerprint density at radius 1 is 1.14 bits per heavy atom. The van der Waals surface area contributed by atoms with Crippen molar-refractivity contribution in [3.63, 3.8) is 0 Å². The second-order valence-corrected chi connectivity index (χ2v) is 5.86. The van der Waals surface area contributed by atoms with Crippen molar-refractivity contribution in [2.24, 2.45) is 0 Å². The monoisotopic (exact) mass is 296 g/mol. The number of anilines is 1. The molecule has 0 amide bonds. The molecule has 1 aromatic carbocycles. The quantitative estimate of drug-likeness (QED) is 0.727. The van der Waals surface area contributed by atoms with Crippen LogP contribution in [-0.4, -0.2) is 27.7 Å². The number of aryl methyl sites for hydroxylation is 2. The summed E-state index contributed by atoms with van der Waals surface area (Å²) in [5, 5.41) is 4.43. The number of hydrogen-bond acceptors (Lipinski definition) is 3. The van der Waals surface area contributed by atoms with E-state index >= 15 is 0 Å². The molecular weight excluding hydrogens is 279 g/mol. The van der Waals surface area contributed by atoms with Gasteiger partial charge in [-0.3, -0.25) is 0 Å². The first-order valence-corrected chi connectivity index (χ1v) is 7.50. The normalized spacial score (nSPS) is 14.4. The molecule has 2 aromatic heterocycles. The van der Waals surface area contributed by atoms with Crippen LogP contribution in [-0.2, 0) is 0 Å². The van der Waals surface area contributed by atoms with Gasteiger partial charge in [-0.1, -0.05) is 0 Å². The molecule has 1 aliphatic rings. The third kappa shape index (κ3) is 1.89. The van der Waals surface area contributed by atoms with Crippen LogP contribution in [0.25, 0.3) is 16.9 Å². The van der Waals surface area contributed by atoms with Crippen molar-refractivity contribution < 1.29 is 4.39 Å². The van der Waals surface area contributed by atoms with Gasteiger partial charge in [0.2, 0.25) is 0 Å². The molecule has 1 aliphatic heterocycles. The predicted octanol–water partition coefficient (Wildman–Crippen LogP) is 3.36. The summed E-state index contributed by atoms with van der Waals surface area (Å²) in [5.74, 6) is -0.146. The van der Waals surface area contributed by atoms with E-state index in [4.69, 9.17) is 0 Å². The van der Waals surface area contributed by atoms with Gasteiger partial charge in [0.25, 0.3) is 0 Å². The molecule has 3 aromatic rings. The molecule has 0 bridgehead atoms. The number of halogens is 1. The fourth-order valence-electron chi connectivity index (χ4n) is 2.98. The Morgan fingerprint density at radius 2 is 1.86 bits per heavy atom. The Labute approximate surface area is 128 Å². The summed E-state index contributed by atoms with van der Waals surface area (Å²) in [6.45, 7) is 5.70. The lowest BCUT2D eigenvalue weighted by atomic mass is 10.0. The fraction of sp³-hybridized carbons (Fsp3) is 0.294. The van der Waals surface area contributed by atoms with Crippen molar-refractivity contribution in [3.05, 3.63) is 47.5 Å². The van der Waals surface area contributed by atoms with Gasteiger partial charge in [-0.2, -0.15) is 5.10 Å². The van der Waals surface area contributed by atoms with E-state index in [0.717, 1.165) is 35.7 Å². The van der Waals surface area contributed by atoms with Gasteiger partial charge in [-0.05, 0) is 49.6 Å². The Kier molecular flexibility index (Phi) is 2.89. The molecule has 3 heterocycles. The molecule has 0 unspecified atom stereocenters. The number of benzene rings is 1. The van der Waals surface area contributed by atoms with Crippen LogP contribution >= 0.6 is 0 Å². The third-order valence-corrected chi connectivity index (χ3v) is 4.31. The summed E-state index contributed by atoms with van der Waals surface area (Å²) < 4.78 is 15.7. The first-order chi connectivity index (χ1) is 10.6. The summed E-state index contributed by atoms with van der Waals surface area (Å²) >= 11 is 0. The predicted molar refractivity (Wildman–Crippen MR) is 84.7 cm³/mol. The maximum absolute atomic E-state index is 13.8. The summed E-state index contributed by atoms with van der Waals surface area (Å²) in [6, 6.07) is 5.71. The van der Waals surface area contributed by atoms with Crippen LogP contribution in [0.4, 0.5) is 10.1 Å². The van der Waals surface area contributed by atoms with Gasteiger partial charge >= 0.3 is 0 Å². The molecule has 0 radical (unpaired) electrons. The van der Waals surface area contributed by atoms with Crippen LogP contribution in [0.2, 0.25) is 0 Å². The molecule has 22 heavy (non-hydrogen) atoms. The van der Waals surface area contributed by atoms with Crippen molar-refractivity contribution in [3.8, 4) is 11.3 Å². The summed E-state index contributed by atoms with van der Waals surface area (Å²) in [5.41, 5.74) is 5.09. The summed E-state index contributed by atoms with van der Waals surface area (Å²) in [6.07, 6.45) is 4.84. The molecule has 4 rings (SSSR count). The minimum absolute atomic E-state index is 0.146. The lowest BCUT2D eigenvalue weighted by molar-refractivity contribution is 0.609. The maximum atomic E-state index is 13.8. The zero-order valence-corrected chi connectivity index (χ0v) is 12.7. The van der Waals surface area contributed by atoms with Crippen LogP contribution in [0.5, 0.6) is 0 Å². The van der Waals surface area contributed by atoms with Crippen LogP contribution in [0, 0.1) is 19.7 Å².